The molecule has 5 rings (SSSR count). The van der Waals surface area contributed by atoms with Crippen LogP contribution >= 0.6 is 11.8 Å². The van der Waals surface area contributed by atoms with Gasteiger partial charge < -0.3 is 20.7 Å². The van der Waals surface area contributed by atoms with E-state index in [4.69, 9.17) is 0 Å². The van der Waals surface area contributed by atoms with Gasteiger partial charge in [0.15, 0.2) is 5.17 Å². The Kier molecular flexibility index (Phi) is 9.19. The van der Waals surface area contributed by atoms with Crippen LogP contribution in [0.5, 0.6) is 5.75 Å². The zero-order valence-electron chi connectivity index (χ0n) is 22.9. The lowest BCUT2D eigenvalue weighted by Crippen LogP contribution is -2.33. The summed E-state index contributed by atoms with van der Waals surface area (Å²) < 4.78 is 40.7. The minimum absolute atomic E-state index is 0.0913. The average Bonchev–Trinajstić information content (AvgIpc) is 3.33. The molecule has 3 aromatic carbocycles. The first-order chi connectivity index (χ1) is 20.6. The summed E-state index contributed by atoms with van der Waals surface area (Å²) in [6, 6.07) is 16.6. The lowest BCUT2D eigenvalue weighted by Gasteiger charge is -2.24. The van der Waals surface area contributed by atoms with Crippen LogP contribution in [0.15, 0.2) is 71.7 Å². The van der Waals surface area contributed by atoms with Gasteiger partial charge in [-0.1, -0.05) is 36.0 Å². The number of aryl methyl sites for hydroxylation is 1. The molecule has 13 heteroatoms. The third kappa shape index (κ3) is 8.07. The number of alkyl halides is 3. The second kappa shape index (κ2) is 13.2. The number of carbonyl (C=O) groups is 3. The number of carbonyl (C=O) groups excluding carboxylic acids is 3. The highest BCUT2D eigenvalue weighted by Gasteiger charge is 2.33. The smallest absolute Gasteiger partial charge is 0.406 e. The molecule has 0 saturated carbocycles. The van der Waals surface area contributed by atoms with Gasteiger partial charge in [-0.05, 0) is 91.3 Å². The van der Waals surface area contributed by atoms with Crippen molar-refractivity contribution in [3.8, 4) is 5.75 Å². The van der Waals surface area contributed by atoms with E-state index in [1.165, 1.54) is 29.5 Å². The maximum absolute atomic E-state index is 12.7. The Morgan fingerprint density at radius 2 is 1.60 bits per heavy atom. The Bertz CT molecular complexity index is 1530. The molecular weight excluding hydrogens is 583 g/mol. The highest BCUT2D eigenvalue weighted by Crippen LogP contribution is 2.35. The van der Waals surface area contributed by atoms with Crippen molar-refractivity contribution in [3.05, 3.63) is 83.4 Å². The van der Waals surface area contributed by atoms with Crippen LogP contribution in [0.25, 0.3) is 0 Å². The third-order valence-electron chi connectivity index (χ3n) is 6.82. The van der Waals surface area contributed by atoms with E-state index in [1.807, 2.05) is 12.1 Å². The van der Waals surface area contributed by atoms with Gasteiger partial charge in [-0.2, -0.15) is 4.99 Å². The summed E-state index contributed by atoms with van der Waals surface area (Å²) in [5, 5.41) is 8.32. The molecule has 2 aliphatic rings. The number of urea groups is 2. The Morgan fingerprint density at radius 3 is 2.30 bits per heavy atom. The van der Waals surface area contributed by atoms with Gasteiger partial charge in [-0.25, -0.2) is 9.59 Å². The van der Waals surface area contributed by atoms with Crippen LogP contribution in [0, 0.1) is 0 Å². The zero-order chi connectivity index (χ0) is 30.4. The van der Waals surface area contributed by atoms with Gasteiger partial charge in [0.1, 0.15) is 5.75 Å². The average molecular weight is 612 g/mol. The molecule has 0 unspecified atom stereocenters. The fraction of sp³-hybridized carbons (Fsp3) is 0.267. The molecule has 224 valence electrons. The van der Waals surface area contributed by atoms with Gasteiger partial charge in [0.2, 0.25) is 5.91 Å². The third-order valence-corrected chi connectivity index (χ3v) is 7.75. The molecule has 3 N–H and O–H groups in total. The molecule has 0 atom stereocenters. The highest BCUT2D eigenvalue weighted by atomic mass is 32.2. The summed E-state index contributed by atoms with van der Waals surface area (Å²) in [6.07, 6.45) is -0.205. The van der Waals surface area contributed by atoms with E-state index in [0.29, 0.717) is 23.8 Å². The Balaban J connectivity index is 1.10. The van der Waals surface area contributed by atoms with E-state index >= 15 is 0 Å². The molecule has 43 heavy (non-hydrogen) atoms. The first-order valence-corrected chi connectivity index (χ1v) is 14.6. The van der Waals surface area contributed by atoms with E-state index in [1.54, 1.807) is 29.2 Å². The van der Waals surface area contributed by atoms with Crippen LogP contribution in [0.2, 0.25) is 0 Å². The predicted molar refractivity (Wildman–Crippen MR) is 160 cm³/mol. The summed E-state index contributed by atoms with van der Waals surface area (Å²) >= 11 is 1.25. The van der Waals surface area contributed by atoms with E-state index in [2.05, 4.69) is 31.7 Å². The van der Waals surface area contributed by atoms with Crippen LogP contribution < -0.4 is 25.6 Å². The number of anilines is 3. The van der Waals surface area contributed by atoms with E-state index in [9.17, 15) is 27.6 Å². The first kappa shape index (κ1) is 30.0. The molecule has 1 heterocycles. The minimum atomic E-state index is -4.79. The number of amides is 5. The van der Waals surface area contributed by atoms with E-state index in [-0.39, 0.29) is 17.3 Å². The minimum Gasteiger partial charge on any atom is -0.406 e. The van der Waals surface area contributed by atoms with Crippen molar-refractivity contribution < 1.29 is 32.3 Å². The van der Waals surface area contributed by atoms with Gasteiger partial charge in [-0.3, -0.25) is 9.69 Å². The number of benzene rings is 3. The van der Waals surface area contributed by atoms with Crippen LogP contribution in [0.1, 0.15) is 29.5 Å². The lowest BCUT2D eigenvalue weighted by molar-refractivity contribution is -0.274. The van der Waals surface area contributed by atoms with Crippen molar-refractivity contribution in [2.24, 2.45) is 4.99 Å². The fourth-order valence-corrected chi connectivity index (χ4v) is 5.74. The molecule has 0 radical (unpaired) electrons. The second-order valence-corrected chi connectivity index (χ2v) is 10.8. The molecule has 1 saturated heterocycles. The first-order valence-electron chi connectivity index (χ1n) is 13.6. The molecule has 0 aromatic heterocycles. The molecule has 5 amide bonds. The number of fused-ring (bicyclic) bond motifs is 1. The van der Waals surface area contributed by atoms with Crippen LogP contribution in [0.3, 0.4) is 0 Å². The zero-order valence-corrected chi connectivity index (χ0v) is 23.7. The van der Waals surface area contributed by atoms with Crippen molar-refractivity contribution in [2.45, 2.75) is 38.5 Å². The van der Waals surface area contributed by atoms with Crippen LogP contribution in [0.4, 0.5) is 39.8 Å². The number of nitrogens with zero attached hydrogens (tertiary/aromatic N) is 2. The molecule has 0 bridgehead atoms. The number of thioether (sulfide) groups is 1. The summed E-state index contributed by atoms with van der Waals surface area (Å²) in [6.45, 7) is 0.316. The maximum atomic E-state index is 12.7. The number of rotatable bonds is 7. The second-order valence-electron chi connectivity index (χ2n) is 9.86. The monoisotopic (exact) mass is 611 g/mol. The van der Waals surface area contributed by atoms with Crippen molar-refractivity contribution in [1.82, 2.24) is 5.32 Å². The van der Waals surface area contributed by atoms with E-state index < -0.39 is 24.2 Å². The van der Waals surface area contributed by atoms with Crippen molar-refractivity contribution in [1.29, 1.82) is 0 Å². The molecule has 0 spiro atoms. The number of aliphatic imine (C=N–C) groups is 1. The summed E-state index contributed by atoms with van der Waals surface area (Å²) in [4.78, 5) is 43.3. The van der Waals surface area contributed by atoms with Crippen LogP contribution in [-0.4, -0.2) is 41.8 Å². The largest absolute Gasteiger partial charge is 0.573 e. The Labute approximate surface area is 249 Å². The molecule has 1 fully saturated rings. The summed E-state index contributed by atoms with van der Waals surface area (Å²) in [7, 11) is 0. The number of nitrogens with one attached hydrogen (secondary N) is 3. The molecular formula is C30H28F3N5O4S. The number of hydrogen-bond donors (Lipinski definition) is 3. The Hall–Kier alpha value is -4.52. The number of halogens is 3. The lowest BCUT2D eigenvalue weighted by atomic mass is 9.90. The normalized spacial score (nSPS) is 15.7. The fourth-order valence-electron chi connectivity index (χ4n) is 4.88. The van der Waals surface area contributed by atoms with Gasteiger partial charge in [0, 0.05) is 17.9 Å². The standard InChI is InChI=1S/C30H28F3N5O4S/c31-30(32,33)42-23-14-12-22(13-15-23)36-28(41)35-21-10-8-19(9-11-21)16-17-34-27(40)37-29-38(26(39)18-43-29)25-7-3-5-20-4-1-2-6-24(20)25/h3,5,7-15H,1-2,4,6,16-18H2,(H,34,40)(H2,35,36,41). The predicted octanol–water partition coefficient (Wildman–Crippen LogP) is 6.50. The maximum Gasteiger partial charge on any atom is 0.573 e. The quantitative estimate of drug-likeness (QED) is 0.283. The van der Waals surface area contributed by atoms with E-state index in [0.717, 1.165) is 54.6 Å². The van der Waals surface area contributed by atoms with Gasteiger partial charge in [0.25, 0.3) is 0 Å². The van der Waals surface area contributed by atoms with Gasteiger partial charge in [-0.15, -0.1) is 13.2 Å². The van der Waals surface area contributed by atoms with Crippen molar-refractivity contribution in [2.75, 3.05) is 27.8 Å². The van der Waals surface area contributed by atoms with Crippen LogP contribution in [-0.2, 0) is 24.1 Å². The summed E-state index contributed by atoms with van der Waals surface area (Å²) in [5.74, 6) is -0.249. The van der Waals surface area contributed by atoms with Gasteiger partial charge in [0.05, 0.1) is 11.4 Å². The molecule has 1 aliphatic heterocycles. The number of hydrogen-bond acceptors (Lipinski definition) is 5. The van der Waals surface area contributed by atoms with Gasteiger partial charge >= 0.3 is 18.4 Å². The highest BCUT2D eigenvalue weighted by molar-refractivity contribution is 8.15. The van der Waals surface area contributed by atoms with Crippen molar-refractivity contribution in [3.63, 3.8) is 0 Å². The SMILES string of the molecule is O=C(N=C1SCC(=O)N1c1cccc2c1CCCC2)NCCc1ccc(NC(=O)Nc2ccc(OC(F)(F)F)cc2)cc1. The number of amidine groups is 1. The Morgan fingerprint density at radius 1 is 0.930 bits per heavy atom. The molecule has 9 nitrogen and oxygen atoms in total. The topological polar surface area (TPSA) is 112 Å². The van der Waals surface area contributed by atoms with Crippen molar-refractivity contribution >= 4 is 52.0 Å². The number of ether oxygens (including phenoxy) is 1. The molecule has 1 aliphatic carbocycles. The summed E-state index contributed by atoms with van der Waals surface area (Å²) in [5.41, 5.74) is 4.90. The molecule has 3 aromatic rings.